The van der Waals surface area contributed by atoms with Crippen molar-refractivity contribution in [1.29, 1.82) is 0 Å². The predicted molar refractivity (Wildman–Crippen MR) is 66.9 cm³/mol. The second-order valence-corrected chi connectivity index (χ2v) is 4.62. The molecule has 5 heteroatoms. The molecule has 0 aliphatic heterocycles. The highest BCUT2D eigenvalue weighted by atomic mass is 35.5. The van der Waals surface area contributed by atoms with Gasteiger partial charge in [-0.2, -0.15) is 0 Å². The zero-order valence-electron chi connectivity index (χ0n) is 9.44. The molecule has 2 heterocycles. The van der Waals surface area contributed by atoms with E-state index in [1.807, 2.05) is 24.6 Å². The molecule has 0 amide bonds. The number of anilines is 1. The minimum atomic E-state index is 0.176. The number of nitrogens with zero attached hydrogens (tertiary/aromatic N) is 3. The first-order valence-corrected chi connectivity index (χ1v) is 5.76. The van der Waals surface area contributed by atoms with Gasteiger partial charge in [0.05, 0.1) is 11.8 Å². The normalized spacial score (nSPS) is 12.9. The molecule has 0 aliphatic carbocycles. The van der Waals surface area contributed by atoms with Crippen LogP contribution in [0.2, 0.25) is 0 Å². The van der Waals surface area contributed by atoms with Crippen LogP contribution < -0.4 is 5.32 Å². The van der Waals surface area contributed by atoms with Crippen LogP contribution >= 0.6 is 11.6 Å². The van der Waals surface area contributed by atoms with E-state index in [-0.39, 0.29) is 5.38 Å². The minimum absolute atomic E-state index is 0.176. The van der Waals surface area contributed by atoms with E-state index in [0.29, 0.717) is 0 Å². The van der Waals surface area contributed by atoms with Crippen LogP contribution in [0.25, 0.3) is 11.0 Å². The summed E-state index contributed by atoms with van der Waals surface area (Å²) < 4.78 is 1.98. The fraction of sp³-hybridized carbons (Fsp3) is 0.455. The first kappa shape index (κ1) is 11.2. The maximum absolute atomic E-state index is 5.89. The van der Waals surface area contributed by atoms with Gasteiger partial charge in [-0.3, -0.25) is 0 Å². The van der Waals surface area contributed by atoms with Crippen molar-refractivity contribution in [2.75, 3.05) is 11.9 Å². The van der Waals surface area contributed by atoms with Crippen LogP contribution in [0.15, 0.2) is 18.6 Å². The van der Waals surface area contributed by atoms with Crippen LogP contribution in [-0.4, -0.2) is 26.5 Å². The van der Waals surface area contributed by atoms with E-state index < -0.39 is 0 Å². The molecule has 4 nitrogen and oxygen atoms in total. The van der Waals surface area contributed by atoms with E-state index in [1.165, 1.54) is 0 Å². The number of imidazole rings is 1. The largest absolute Gasteiger partial charge is 0.368 e. The second kappa shape index (κ2) is 4.70. The monoisotopic (exact) mass is 238 g/mol. The average Bonchev–Trinajstić information content (AvgIpc) is 2.61. The summed E-state index contributed by atoms with van der Waals surface area (Å²) in [6, 6.07) is 1.96. The Morgan fingerprint density at radius 1 is 1.50 bits per heavy atom. The van der Waals surface area contributed by atoms with Crippen LogP contribution in [0.4, 0.5) is 5.82 Å². The first-order valence-electron chi connectivity index (χ1n) is 5.32. The zero-order valence-corrected chi connectivity index (χ0v) is 10.2. The van der Waals surface area contributed by atoms with E-state index in [9.17, 15) is 0 Å². The van der Waals surface area contributed by atoms with Crippen molar-refractivity contribution in [1.82, 2.24) is 14.5 Å². The molecule has 0 saturated carbocycles. The summed E-state index contributed by atoms with van der Waals surface area (Å²) in [5.74, 6) is 0.829. The lowest BCUT2D eigenvalue weighted by molar-refractivity contribution is 0.840. The van der Waals surface area contributed by atoms with Gasteiger partial charge in [0.2, 0.25) is 0 Å². The van der Waals surface area contributed by atoms with E-state index in [1.54, 1.807) is 12.5 Å². The third-order valence-electron chi connectivity index (χ3n) is 2.48. The Morgan fingerprint density at radius 3 is 3.06 bits per heavy atom. The van der Waals surface area contributed by atoms with Gasteiger partial charge in [-0.15, -0.1) is 11.6 Å². The van der Waals surface area contributed by atoms with Gasteiger partial charge in [-0.05, 0) is 19.4 Å². The van der Waals surface area contributed by atoms with Gasteiger partial charge in [0.15, 0.2) is 5.82 Å². The molecule has 0 aliphatic rings. The Bertz CT molecular complexity index is 478. The molecule has 2 aromatic heterocycles. The SMILES string of the molecule is CC(Cl)CCNc1nccc2c1ncn2C. The smallest absolute Gasteiger partial charge is 0.154 e. The number of hydrogen-bond donors (Lipinski definition) is 1. The van der Waals surface area contributed by atoms with Crippen LogP contribution in [0, 0.1) is 0 Å². The van der Waals surface area contributed by atoms with E-state index in [2.05, 4.69) is 15.3 Å². The van der Waals surface area contributed by atoms with Crippen LogP contribution in [0.1, 0.15) is 13.3 Å². The topological polar surface area (TPSA) is 42.7 Å². The summed E-state index contributed by atoms with van der Waals surface area (Å²) in [5, 5.41) is 3.44. The molecule has 1 unspecified atom stereocenters. The Labute approximate surface area is 99.6 Å². The minimum Gasteiger partial charge on any atom is -0.368 e. The van der Waals surface area contributed by atoms with Gasteiger partial charge in [-0.1, -0.05) is 0 Å². The molecule has 86 valence electrons. The second-order valence-electron chi connectivity index (χ2n) is 3.88. The zero-order chi connectivity index (χ0) is 11.5. The molecule has 1 N–H and O–H groups in total. The predicted octanol–water partition coefficient (Wildman–Crippen LogP) is 2.40. The number of rotatable bonds is 4. The van der Waals surface area contributed by atoms with Crippen molar-refractivity contribution < 1.29 is 0 Å². The summed E-state index contributed by atoms with van der Waals surface area (Å²) >= 11 is 5.89. The number of alkyl halides is 1. The van der Waals surface area contributed by atoms with Crippen LogP contribution in [0.5, 0.6) is 0 Å². The summed E-state index contributed by atoms with van der Waals surface area (Å²) in [6.45, 7) is 2.80. The van der Waals surface area contributed by atoms with Gasteiger partial charge in [0, 0.05) is 25.2 Å². The summed E-state index contributed by atoms with van der Waals surface area (Å²) in [7, 11) is 1.97. The van der Waals surface area contributed by atoms with Gasteiger partial charge in [0.25, 0.3) is 0 Å². The fourth-order valence-corrected chi connectivity index (χ4v) is 1.69. The number of hydrogen-bond acceptors (Lipinski definition) is 3. The van der Waals surface area contributed by atoms with Crippen molar-refractivity contribution in [3.63, 3.8) is 0 Å². The van der Waals surface area contributed by atoms with Crippen molar-refractivity contribution in [3.8, 4) is 0 Å². The number of nitrogens with one attached hydrogen (secondary N) is 1. The van der Waals surface area contributed by atoms with Gasteiger partial charge in [-0.25, -0.2) is 9.97 Å². The maximum atomic E-state index is 5.89. The third-order valence-corrected chi connectivity index (χ3v) is 2.70. The van der Waals surface area contributed by atoms with E-state index in [4.69, 9.17) is 11.6 Å². The van der Waals surface area contributed by atoms with Crippen LogP contribution in [0.3, 0.4) is 0 Å². The molecule has 16 heavy (non-hydrogen) atoms. The Morgan fingerprint density at radius 2 is 2.31 bits per heavy atom. The number of fused-ring (bicyclic) bond motifs is 1. The van der Waals surface area contributed by atoms with Crippen molar-refractivity contribution >= 4 is 28.5 Å². The molecule has 1 atom stereocenters. The number of halogens is 1. The number of aryl methyl sites for hydroxylation is 1. The quantitative estimate of drug-likeness (QED) is 0.832. The van der Waals surface area contributed by atoms with Gasteiger partial charge >= 0.3 is 0 Å². The molecular formula is C11H15ClN4. The molecule has 0 spiro atoms. The highest BCUT2D eigenvalue weighted by Crippen LogP contribution is 2.18. The standard InChI is InChI=1S/C11H15ClN4/c1-8(12)3-5-13-11-10-9(4-6-14-11)16(2)7-15-10/h4,6-8H,3,5H2,1-2H3,(H,13,14). The van der Waals surface area contributed by atoms with Crippen LogP contribution in [-0.2, 0) is 7.05 Å². The Hall–Kier alpha value is -1.29. The molecule has 0 aromatic carbocycles. The van der Waals surface area contributed by atoms with Crippen molar-refractivity contribution in [2.45, 2.75) is 18.7 Å². The van der Waals surface area contributed by atoms with E-state index in [0.717, 1.165) is 29.8 Å². The first-order chi connectivity index (χ1) is 7.68. The van der Waals surface area contributed by atoms with Crippen molar-refractivity contribution in [3.05, 3.63) is 18.6 Å². The average molecular weight is 239 g/mol. The third kappa shape index (κ3) is 2.27. The summed E-state index contributed by atoms with van der Waals surface area (Å²) in [4.78, 5) is 8.61. The molecule has 0 saturated heterocycles. The fourth-order valence-electron chi connectivity index (χ4n) is 1.58. The van der Waals surface area contributed by atoms with Crippen molar-refractivity contribution in [2.24, 2.45) is 7.05 Å². The Balaban J connectivity index is 2.17. The van der Waals surface area contributed by atoms with Gasteiger partial charge in [0.1, 0.15) is 5.52 Å². The molecule has 2 rings (SSSR count). The maximum Gasteiger partial charge on any atom is 0.154 e. The Kier molecular flexibility index (Phi) is 3.29. The van der Waals surface area contributed by atoms with E-state index >= 15 is 0 Å². The molecule has 0 bridgehead atoms. The lowest BCUT2D eigenvalue weighted by atomic mass is 10.3. The summed E-state index contributed by atoms with van der Waals surface area (Å²) in [5.41, 5.74) is 1.99. The summed E-state index contributed by atoms with van der Waals surface area (Å²) in [6.07, 6.45) is 4.49. The molecule has 0 radical (unpaired) electrons. The molecular weight excluding hydrogens is 224 g/mol. The highest BCUT2D eigenvalue weighted by molar-refractivity contribution is 6.20. The molecule has 0 fully saturated rings. The number of aromatic nitrogens is 3. The lowest BCUT2D eigenvalue weighted by Gasteiger charge is -2.07. The highest BCUT2D eigenvalue weighted by Gasteiger charge is 2.06. The lowest BCUT2D eigenvalue weighted by Crippen LogP contribution is -2.07. The number of pyridine rings is 1. The van der Waals surface area contributed by atoms with Gasteiger partial charge < -0.3 is 9.88 Å². The molecule has 2 aromatic rings.